The normalized spacial score (nSPS) is 14.0. The van der Waals surface area contributed by atoms with E-state index in [2.05, 4.69) is 14.4 Å². The highest BCUT2D eigenvalue weighted by atomic mass is 32.2. The van der Waals surface area contributed by atoms with Crippen molar-refractivity contribution in [1.82, 2.24) is 5.32 Å². The Balaban J connectivity index is 2.20. The number of phosphoric acid groups is 1. The molecule has 0 aliphatic rings. The van der Waals surface area contributed by atoms with Gasteiger partial charge in [-0.25, -0.2) is 18.1 Å². The van der Waals surface area contributed by atoms with Crippen LogP contribution in [0, 0.1) is 0 Å². The lowest BCUT2D eigenvalue weighted by atomic mass is 10.2. The van der Waals surface area contributed by atoms with E-state index in [0.717, 1.165) is 26.4 Å². The van der Waals surface area contributed by atoms with Gasteiger partial charge >= 0.3 is 7.82 Å². The number of primary sulfonamides is 1. The van der Waals surface area contributed by atoms with Crippen molar-refractivity contribution < 1.29 is 31.7 Å². The van der Waals surface area contributed by atoms with Crippen LogP contribution >= 0.6 is 7.82 Å². The minimum absolute atomic E-state index is 0.0489. The number of benzene rings is 1. The molecule has 142 valence electrons. The van der Waals surface area contributed by atoms with E-state index in [1.165, 1.54) is 24.3 Å². The summed E-state index contributed by atoms with van der Waals surface area (Å²) in [5.41, 5.74) is 0.346. The first-order valence-electron chi connectivity index (χ1n) is 7.60. The molecule has 1 rings (SSSR count). The Kier molecular flexibility index (Phi) is 8.70. The zero-order chi connectivity index (χ0) is 18.9. The molecule has 0 aromatic heterocycles. The van der Waals surface area contributed by atoms with Crippen molar-refractivity contribution in [3.8, 4) is 0 Å². The maximum atomic E-state index is 11.9. The molecule has 4 N–H and O–H groups in total. The minimum atomic E-state index is -3.90. The van der Waals surface area contributed by atoms with Crippen molar-refractivity contribution in [2.24, 2.45) is 5.14 Å². The summed E-state index contributed by atoms with van der Waals surface area (Å²) in [6.45, 7) is 0.595. The van der Waals surface area contributed by atoms with Gasteiger partial charge in [-0.2, -0.15) is 0 Å². The molecule has 0 radical (unpaired) electrons. The molecule has 0 saturated heterocycles. The molecular weight excluding hydrogens is 371 g/mol. The zero-order valence-electron chi connectivity index (χ0n) is 13.9. The highest BCUT2D eigenvalue weighted by molar-refractivity contribution is 7.89. The number of hydrogen-bond acceptors (Lipinski definition) is 6. The number of hydrogen-bond donors (Lipinski definition) is 3. The Hall–Kier alpha value is -1.29. The van der Waals surface area contributed by atoms with E-state index in [4.69, 9.17) is 10.0 Å². The summed E-state index contributed by atoms with van der Waals surface area (Å²) in [7, 11) is -6.57. The van der Waals surface area contributed by atoms with Gasteiger partial charge in [0.15, 0.2) is 0 Å². The largest absolute Gasteiger partial charge is 0.471 e. The number of carbonyl (C=O) groups is 1. The molecule has 0 bridgehead atoms. The maximum absolute atomic E-state index is 11.9. The summed E-state index contributed by atoms with van der Waals surface area (Å²) in [5, 5.41) is 7.72. The number of carbonyl (C=O) groups excluding carboxylic acids is 1. The number of sulfonamides is 1. The second kappa shape index (κ2) is 10.0. The van der Waals surface area contributed by atoms with Crippen LogP contribution in [0.4, 0.5) is 0 Å². The lowest BCUT2D eigenvalue weighted by Crippen LogP contribution is -2.24. The van der Waals surface area contributed by atoms with Crippen molar-refractivity contribution in [3.63, 3.8) is 0 Å². The molecule has 1 atom stereocenters. The Labute approximate surface area is 147 Å². The third-order valence-corrected chi connectivity index (χ3v) is 5.19. The second-order valence-electron chi connectivity index (χ2n) is 5.22. The third kappa shape index (κ3) is 8.57. The third-order valence-electron chi connectivity index (χ3n) is 3.29. The fraction of sp³-hybridized carbons (Fsp3) is 0.500. The molecule has 1 aromatic carbocycles. The van der Waals surface area contributed by atoms with Gasteiger partial charge in [-0.1, -0.05) is 12.8 Å². The standard InChI is InChI=1S/C14H23N2O7PS/c1-22-24(18,19)23-11-5-3-2-4-10-16-14(17)12-6-8-13(9-7-12)25(15,20)21/h6-9H,2-5,10-11H2,1H3,(H,16,17)(H,18,19)(H2,15,20,21). The van der Waals surface area contributed by atoms with Crippen LogP contribution in [0.5, 0.6) is 0 Å². The lowest BCUT2D eigenvalue weighted by Gasteiger charge is -2.09. The Morgan fingerprint density at radius 1 is 1.20 bits per heavy atom. The first-order valence-corrected chi connectivity index (χ1v) is 10.6. The molecule has 1 amide bonds. The fourth-order valence-corrected chi connectivity index (χ4v) is 2.89. The van der Waals surface area contributed by atoms with Gasteiger partial charge in [0.25, 0.3) is 5.91 Å². The number of amides is 1. The van der Waals surface area contributed by atoms with Crippen LogP contribution in [0.15, 0.2) is 29.2 Å². The van der Waals surface area contributed by atoms with Gasteiger partial charge in [-0.15, -0.1) is 0 Å². The smallest absolute Gasteiger partial charge is 0.352 e. The molecule has 0 aliphatic heterocycles. The van der Waals surface area contributed by atoms with Gasteiger partial charge in [0.2, 0.25) is 10.0 Å². The van der Waals surface area contributed by atoms with Crippen LogP contribution in [-0.2, 0) is 23.6 Å². The number of rotatable bonds is 11. The van der Waals surface area contributed by atoms with Gasteiger partial charge in [-0.05, 0) is 37.1 Å². The summed E-state index contributed by atoms with van der Waals surface area (Å²) in [4.78, 5) is 20.9. The van der Waals surface area contributed by atoms with Crippen molar-refractivity contribution in [2.45, 2.75) is 30.6 Å². The van der Waals surface area contributed by atoms with E-state index >= 15 is 0 Å². The Bertz CT molecular complexity index is 706. The van der Waals surface area contributed by atoms with Crippen LogP contribution in [-0.4, -0.2) is 39.5 Å². The van der Waals surface area contributed by atoms with E-state index in [1.807, 2.05) is 0 Å². The predicted molar refractivity (Wildman–Crippen MR) is 91.4 cm³/mol. The SMILES string of the molecule is COP(=O)(O)OCCCCCCNC(=O)c1ccc(S(N)(=O)=O)cc1. The number of nitrogens with one attached hydrogen (secondary N) is 1. The molecule has 0 spiro atoms. The first kappa shape index (κ1) is 21.8. The van der Waals surface area contributed by atoms with Gasteiger partial charge in [0.05, 0.1) is 11.5 Å². The monoisotopic (exact) mass is 394 g/mol. The van der Waals surface area contributed by atoms with E-state index in [1.54, 1.807) is 0 Å². The van der Waals surface area contributed by atoms with Crippen LogP contribution in [0.3, 0.4) is 0 Å². The van der Waals surface area contributed by atoms with E-state index in [-0.39, 0.29) is 17.4 Å². The van der Waals surface area contributed by atoms with E-state index in [9.17, 15) is 17.8 Å². The van der Waals surface area contributed by atoms with Crippen LogP contribution in [0.1, 0.15) is 36.0 Å². The zero-order valence-corrected chi connectivity index (χ0v) is 15.6. The van der Waals surface area contributed by atoms with E-state index < -0.39 is 17.8 Å². The molecule has 9 nitrogen and oxygen atoms in total. The Morgan fingerprint density at radius 3 is 2.36 bits per heavy atom. The molecule has 11 heteroatoms. The highest BCUT2D eigenvalue weighted by Gasteiger charge is 2.17. The minimum Gasteiger partial charge on any atom is -0.352 e. The molecule has 0 aliphatic carbocycles. The lowest BCUT2D eigenvalue weighted by molar-refractivity contribution is 0.0952. The average molecular weight is 394 g/mol. The molecule has 0 fully saturated rings. The second-order valence-corrected chi connectivity index (χ2v) is 8.35. The van der Waals surface area contributed by atoms with Crippen molar-refractivity contribution >= 4 is 23.8 Å². The van der Waals surface area contributed by atoms with Crippen molar-refractivity contribution in [3.05, 3.63) is 29.8 Å². The van der Waals surface area contributed by atoms with Crippen LogP contribution in [0.25, 0.3) is 0 Å². The molecule has 25 heavy (non-hydrogen) atoms. The Morgan fingerprint density at radius 2 is 1.80 bits per heavy atom. The molecule has 0 heterocycles. The summed E-state index contributed by atoms with van der Waals surface area (Å²) in [5.74, 6) is -0.300. The van der Waals surface area contributed by atoms with Gasteiger partial charge in [0.1, 0.15) is 0 Å². The molecule has 1 aromatic rings. The average Bonchev–Trinajstić information content (AvgIpc) is 2.56. The van der Waals surface area contributed by atoms with Crippen LogP contribution in [0.2, 0.25) is 0 Å². The molecule has 0 saturated carbocycles. The van der Waals surface area contributed by atoms with Gasteiger partial charge < -0.3 is 10.2 Å². The summed E-state index contributed by atoms with van der Waals surface area (Å²) >= 11 is 0. The van der Waals surface area contributed by atoms with Crippen molar-refractivity contribution in [2.75, 3.05) is 20.3 Å². The molecular formula is C14H23N2O7PS. The topological polar surface area (TPSA) is 145 Å². The summed E-state index contributed by atoms with van der Waals surface area (Å²) in [6, 6.07) is 5.36. The highest BCUT2D eigenvalue weighted by Crippen LogP contribution is 2.41. The van der Waals surface area contributed by atoms with E-state index in [0.29, 0.717) is 18.5 Å². The van der Waals surface area contributed by atoms with Gasteiger partial charge in [-0.3, -0.25) is 13.8 Å². The summed E-state index contributed by atoms with van der Waals surface area (Å²) < 4.78 is 42.3. The fourth-order valence-electron chi connectivity index (χ4n) is 1.91. The molecule has 1 unspecified atom stereocenters. The summed E-state index contributed by atoms with van der Waals surface area (Å²) in [6.07, 6.45) is 2.94. The number of nitrogens with two attached hydrogens (primary N) is 1. The first-order chi connectivity index (χ1) is 11.7. The van der Waals surface area contributed by atoms with Crippen LogP contribution < -0.4 is 10.5 Å². The van der Waals surface area contributed by atoms with Crippen molar-refractivity contribution in [1.29, 1.82) is 0 Å². The number of phosphoric ester groups is 1. The predicted octanol–water partition coefficient (Wildman–Crippen LogP) is 1.39. The maximum Gasteiger partial charge on any atom is 0.471 e. The van der Waals surface area contributed by atoms with Gasteiger partial charge in [0, 0.05) is 19.2 Å². The number of unbranched alkanes of at least 4 members (excludes halogenated alkanes) is 3. The quantitative estimate of drug-likeness (QED) is 0.380.